The van der Waals surface area contributed by atoms with Crippen molar-refractivity contribution in [3.05, 3.63) is 76.4 Å². The average Bonchev–Trinajstić information content (AvgIpc) is 2.54. The molecular formula is C22H21FN2. The van der Waals surface area contributed by atoms with E-state index in [0.717, 1.165) is 21.7 Å². The van der Waals surface area contributed by atoms with Gasteiger partial charge in [0.1, 0.15) is 5.82 Å². The van der Waals surface area contributed by atoms with Crippen LogP contribution in [0.3, 0.4) is 0 Å². The lowest BCUT2D eigenvalue weighted by Gasteiger charge is -2.30. The minimum absolute atomic E-state index is 0.0789. The average molecular weight is 332 g/mol. The van der Waals surface area contributed by atoms with Gasteiger partial charge in [-0.25, -0.2) is 4.39 Å². The summed E-state index contributed by atoms with van der Waals surface area (Å²) in [6.07, 6.45) is 1.94. The summed E-state index contributed by atoms with van der Waals surface area (Å²) in [5.41, 5.74) is 2.81. The number of hydrogen-bond acceptors (Lipinski definition) is 2. The maximum absolute atomic E-state index is 13.9. The molecule has 0 amide bonds. The number of nitrogens with zero attached hydrogens (tertiary/aromatic N) is 2. The third kappa shape index (κ3) is 4.28. The Bertz CT molecular complexity index is 949. The summed E-state index contributed by atoms with van der Waals surface area (Å²) in [5, 5.41) is 11.0. The van der Waals surface area contributed by atoms with Crippen LogP contribution in [0.15, 0.2) is 42.5 Å². The van der Waals surface area contributed by atoms with E-state index in [1.807, 2.05) is 50.8 Å². The summed E-state index contributed by atoms with van der Waals surface area (Å²) >= 11 is 0. The highest BCUT2D eigenvalue weighted by atomic mass is 19.1. The summed E-state index contributed by atoms with van der Waals surface area (Å²) in [6, 6.07) is 16.3. The molecule has 2 nitrogen and oxygen atoms in total. The van der Waals surface area contributed by atoms with Crippen LogP contribution in [0, 0.1) is 29.3 Å². The van der Waals surface area contributed by atoms with Crippen molar-refractivity contribution in [1.29, 1.82) is 5.26 Å². The van der Waals surface area contributed by atoms with Crippen LogP contribution in [0.25, 0.3) is 11.8 Å². The van der Waals surface area contributed by atoms with Gasteiger partial charge in [-0.3, -0.25) is 0 Å². The lowest BCUT2D eigenvalue weighted by Crippen LogP contribution is -2.36. The zero-order valence-electron chi connectivity index (χ0n) is 15.0. The molecule has 0 saturated heterocycles. The van der Waals surface area contributed by atoms with E-state index >= 15 is 0 Å². The van der Waals surface area contributed by atoms with Crippen molar-refractivity contribution in [3.8, 4) is 6.07 Å². The van der Waals surface area contributed by atoms with Crippen molar-refractivity contribution in [3.63, 3.8) is 0 Å². The van der Waals surface area contributed by atoms with Crippen molar-refractivity contribution in [1.82, 2.24) is 0 Å². The maximum Gasteiger partial charge on any atom is 0.126 e. The van der Waals surface area contributed by atoms with Crippen molar-refractivity contribution < 1.29 is 4.39 Å². The lowest BCUT2D eigenvalue weighted by atomic mass is 10.1. The monoisotopic (exact) mass is 332 g/mol. The van der Waals surface area contributed by atoms with Gasteiger partial charge in [-0.15, -0.1) is 0 Å². The third-order valence-electron chi connectivity index (χ3n) is 3.78. The maximum atomic E-state index is 13.9. The molecule has 0 atom stereocenters. The number of nitriles is 1. The van der Waals surface area contributed by atoms with Gasteiger partial charge in [0.05, 0.1) is 11.6 Å². The van der Waals surface area contributed by atoms with Crippen LogP contribution < -0.4 is 15.3 Å². The van der Waals surface area contributed by atoms with E-state index in [4.69, 9.17) is 5.26 Å². The van der Waals surface area contributed by atoms with Gasteiger partial charge >= 0.3 is 0 Å². The zero-order valence-corrected chi connectivity index (χ0v) is 15.0. The number of benzene rings is 1. The summed E-state index contributed by atoms with van der Waals surface area (Å²) in [5.74, 6) is -0.422. The molecule has 0 fully saturated rings. The second kappa shape index (κ2) is 7.69. The first-order valence-electron chi connectivity index (χ1n) is 8.10. The molecule has 0 N–H and O–H groups in total. The standard InChI is InChI=1S/C22H21FN2/c1-15(2)10-19-8-6-7-9-22(19)17(5)25(16(3)4)21-12-18(14-24)11-20(23)13-21/h7,9-13,16H,1H2,2-5H3. The van der Waals surface area contributed by atoms with E-state index in [2.05, 4.69) is 18.7 Å². The molecule has 25 heavy (non-hydrogen) atoms. The van der Waals surface area contributed by atoms with Crippen LogP contribution >= 0.6 is 0 Å². The van der Waals surface area contributed by atoms with Gasteiger partial charge in [0.25, 0.3) is 0 Å². The first-order chi connectivity index (χ1) is 11.8. The molecule has 126 valence electrons. The molecule has 0 saturated carbocycles. The van der Waals surface area contributed by atoms with E-state index in [-0.39, 0.29) is 6.04 Å². The van der Waals surface area contributed by atoms with Crippen LogP contribution in [0.1, 0.15) is 33.3 Å². The highest BCUT2D eigenvalue weighted by Crippen LogP contribution is 2.24. The SMILES string of the molecule is C=C(C)C=c1c#cccc1=C(C)N(c1cc(F)cc(C#N)c1)C(C)C. The highest BCUT2D eigenvalue weighted by molar-refractivity contribution is 5.69. The zero-order chi connectivity index (χ0) is 18.6. The van der Waals surface area contributed by atoms with Crippen LogP contribution in [0.5, 0.6) is 0 Å². The van der Waals surface area contributed by atoms with Crippen LogP contribution in [-0.4, -0.2) is 6.04 Å². The molecule has 0 aliphatic heterocycles. The van der Waals surface area contributed by atoms with Gasteiger partial charge in [-0.05, 0) is 64.1 Å². The van der Waals surface area contributed by atoms with E-state index in [0.29, 0.717) is 11.3 Å². The molecule has 0 radical (unpaired) electrons. The Balaban J connectivity index is 2.78. The summed E-state index contributed by atoms with van der Waals surface area (Å²) in [7, 11) is 0. The van der Waals surface area contributed by atoms with Crippen molar-refractivity contribution in [2.75, 3.05) is 4.90 Å². The van der Waals surface area contributed by atoms with E-state index < -0.39 is 5.82 Å². The number of rotatable bonds is 4. The van der Waals surface area contributed by atoms with Gasteiger partial charge in [-0.1, -0.05) is 24.3 Å². The predicted octanol–water partition coefficient (Wildman–Crippen LogP) is 3.70. The van der Waals surface area contributed by atoms with Crippen LogP contribution in [0.4, 0.5) is 10.1 Å². The molecule has 0 unspecified atom stereocenters. The Morgan fingerprint density at radius 3 is 2.64 bits per heavy atom. The molecule has 2 rings (SSSR count). The smallest absolute Gasteiger partial charge is 0.126 e. The molecule has 0 aliphatic rings. The Kier molecular flexibility index (Phi) is 5.63. The number of hydrogen-bond donors (Lipinski definition) is 0. The van der Waals surface area contributed by atoms with E-state index in [9.17, 15) is 4.39 Å². The molecular weight excluding hydrogens is 311 g/mol. The topological polar surface area (TPSA) is 27.0 Å². The molecule has 0 aromatic heterocycles. The second-order valence-corrected chi connectivity index (χ2v) is 6.28. The van der Waals surface area contributed by atoms with Crippen LogP contribution in [0.2, 0.25) is 0 Å². The molecule has 3 heteroatoms. The van der Waals surface area contributed by atoms with E-state index in [1.54, 1.807) is 12.1 Å². The minimum atomic E-state index is -0.422. The lowest BCUT2D eigenvalue weighted by molar-refractivity contribution is 0.626. The van der Waals surface area contributed by atoms with Crippen molar-refractivity contribution >= 4 is 17.5 Å². The van der Waals surface area contributed by atoms with E-state index in [1.165, 1.54) is 12.1 Å². The summed E-state index contributed by atoms with van der Waals surface area (Å²) < 4.78 is 13.9. The first-order valence-corrected chi connectivity index (χ1v) is 8.10. The first kappa shape index (κ1) is 18.3. The van der Waals surface area contributed by atoms with Crippen molar-refractivity contribution in [2.24, 2.45) is 0 Å². The fourth-order valence-electron chi connectivity index (χ4n) is 2.86. The van der Waals surface area contributed by atoms with Gasteiger partial charge in [0.2, 0.25) is 0 Å². The number of anilines is 1. The predicted molar refractivity (Wildman–Crippen MR) is 100 cm³/mol. The molecule has 2 aromatic carbocycles. The molecule has 0 heterocycles. The summed E-state index contributed by atoms with van der Waals surface area (Å²) in [4.78, 5) is 2.02. The third-order valence-corrected chi connectivity index (χ3v) is 3.78. The van der Waals surface area contributed by atoms with Gasteiger partial charge in [0.15, 0.2) is 0 Å². The Hall–Kier alpha value is -3.04. The fraction of sp³-hybridized carbons (Fsp3) is 0.227. The minimum Gasteiger partial charge on any atom is -0.342 e. The normalized spacial score (nSPS) is 12.4. The molecule has 2 aromatic rings. The Morgan fingerprint density at radius 2 is 2.04 bits per heavy atom. The number of halogens is 1. The Labute approximate surface area is 148 Å². The van der Waals surface area contributed by atoms with Gasteiger partial charge in [0, 0.05) is 27.9 Å². The van der Waals surface area contributed by atoms with Gasteiger partial charge < -0.3 is 4.90 Å². The fourth-order valence-corrected chi connectivity index (χ4v) is 2.86. The van der Waals surface area contributed by atoms with Crippen molar-refractivity contribution in [2.45, 2.75) is 33.7 Å². The van der Waals surface area contributed by atoms with Gasteiger partial charge in [-0.2, -0.15) is 5.26 Å². The summed E-state index contributed by atoms with van der Waals surface area (Å²) in [6.45, 7) is 11.9. The number of allylic oxidation sites excluding steroid dienone is 1. The largest absolute Gasteiger partial charge is 0.342 e. The van der Waals surface area contributed by atoms with Crippen LogP contribution in [-0.2, 0) is 0 Å². The molecule has 0 spiro atoms. The quantitative estimate of drug-likeness (QED) is 0.854. The molecule has 0 bridgehead atoms. The second-order valence-electron chi connectivity index (χ2n) is 6.28. The molecule has 0 aliphatic carbocycles. The highest BCUT2D eigenvalue weighted by Gasteiger charge is 2.15. The Morgan fingerprint density at radius 1 is 1.32 bits per heavy atom.